The first-order valence-electron chi connectivity index (χ1n) is 9.50. The Morgan fingerprint density at radius 2 is 1.67 bits per heavy atom. The summed E-state index contributed by atoms with van der Waals surface area (Å²) in [6, 6.07) is 5.46. The van der Waals surface area contributed by atoms with E-state index >= 15 is 0 Å². The molecule has 6 nitrogen and oxygen atoms in total. The summed E-state index contributed by atoms with van der Waals surface area (Å²) >= 11 is 0. The maximum absolute atomic E-state index is 13.5. The van der Waals surface area contributed by atoms with E-state index in [1.165, 1.54) is 6.07 Å². The molecule has 0 atom stereocenters. The maximum Gasteiger partial charge on any atom is 0.251 e. The first-order chi connectivity index (χ1) is 12.8. The number of hydrogen-bond donors (Lipinski definition) is 3. The molecule has 0 aromatic heterocycles. The Morgan fingerprint density at radius 3 is 2.22 bits per heavy atom. The van der Waals surface area contributed by atoms with Crippen molar-refractivity contribution in [2.24, 2.45) is 4.99 Å². The van der Waals surface area contributed by atoms with Crippen molar-refractivity contribution >= 4 is 11.9 Å². The molecule has 0 heterocycles. The first kappa shape index (κ1) is 22.9. The molecule has 27 heavy (non-hydrogen) atoms. The van der Waals surface area contributed by atoms with Crippen molar-refractivity contribution in [1.82, 2.24) is 20.9 Å². The predicted molar refractivity (Wildman–Crippen MR) is 110 cm³/mol. The Morgan fingerprint density at radius 1 is 1.07 bits per heavy atom. The van der Waals surface area contributed by atoms with E-state index in [1.54, 1.807) is 26.1 Å². The van der Waals surface area contributed by atoms with Crippen molar-refractivity contribution in [3.63, 3.8) is 0 Å². The number of hydrogen-bond acceptors (Lipinski definition) is 3. The lowest BCUT2D eigenvalue weighted by atomic mass is 10.1. The van der Waals surface area contributed by atoms with E-state index in [2.05, 4.69) is 53.5 Å². The average Bonchev–Trinajstić information content (AvgIpc) is 2.61. The van der Waals surface area contributed by atoms with E-state index in [0.717, 1.165) is 13.1 Å². The molecule has 0 spiro atoms. The van der Waals surface area contributed by atoms with Gasteiger partial charge in [-0.15, -0.1) is 0 Å². The zero-order valence-corrected chi connectivity index (χ0v) is 17.4. The van der Waals surface area contributed by atoms with Crippen LogP contribution in [0.15, 0.2) is 23.2 Å². The van der Waals surface area contributed by atoms with Crippen LogP contribution < -0.4 is 16.0 Å². The molecule has 0 saturated heterocycles. The van der Waals surface area contributed by atoms with Crippen molar-refractivity contribution in [1.29, 1.82) is 0 Å². The molecule has 1 amide bonds. The second-order valence-corrected chi connectivity index (χ2v) is 7.07. The number of aliphatic imine (C=N–C) groups is 1. The molecule has 0 fully saturated rings. The summed E-state index contributed by atoms with van der Waals surface area (Å²) in [5.74, 6) is 0.0310. The van der Waals surface area contributed by atoms with Crippen LogP contribution in [0.3, 0.4) is 0 Å². The number of benzene rings is 1. The van der Waals surface area contributed by atoms with Gasteiger partial charge < -0.3 is 16.0 Å². The number of nitrogens with one attached hydrogen (secondary N) is 3. The lowest BCUT2D eigenvalue weighted by Gasteiger charge is -2.30. The molecule has 0 saturated carbocycles. The van der Waals surface area contributed by atoms with Gasteiger partial charge in [0.15, 0.2) is 5.96 Å². The third kappa shape index (κ3) is 7.95. The number of rotatable bonds is 9. The van der Waals surface area contributed by atoms with Gasteiger partial charge in [-0.1, -0.05) is 6.07 Å². The highest BCUT2D eigenvalue weighted by atomic mass is 19.1. The molecule has 0 aliphatic heterocycles. The fourth-order valence-corrected chi connectivity index (χ4v) is 2.83. The van der Waals surface area contributed by atoms with Crippen LogP contribution in [-0.2, 0) is 0 Å². The fraction of sp³-hybridized carbons (Fsp3) is 0.600. The zero-order valence-electron chi connectivity index (χ0n) is 17.4. The SMILES string of the molecule is CN=C(NCCNC(=O)c1ccc(C)c(F)c1)NCCN(C(C)C)C(C)C. The summed E-state index contributed by atoms with van der Waals surface area (Å²) in [5.41, 5.74) is 0.847. The van der Waals surface area contributed by atoms with Gasteiger partial charge in [-0.05, 0) is 52.3 Å². The number of amides is 1. The van der Waals surface area contributed by atoms with Gasteiger partial charge in [0.1, 0.15) is 5.82 Å². The van der Waals surface area contributed by atoms with Crippen molar-refractivity contribution in [3.8, 4) is 0 Å². The van der Waals surface area contributed by atoms with Gasteiger partial charge in [-0.3, -0.25) is 14.7 Å². The molecular weight excluding hydrogens is 345 g/mol. The molecule has 0 bridgehead atoms. The highest BCUT2D eigenvalue weighted by Gasteiger charge is 2.12. The molecule has 0 aliphatic rings. The van der Waals surface area contributed by atoms with Crippen LogP contribution in [-0.4, -0.2) is 62.1 Å². The minimum absolute atomic E-state index is 0.289. The summed E-state index contributed by atoms with van der Waals surface area (Å²) in [5, 5.41) is 9.21. The highest BCUT2D eigenvalue weighted by Crippen LogP contribution is 2.08. The molecule has 152 valence electrons. The number of halogens is 1. The van der Waals surface area contributed by atoms with Crippen LogP contribution in [0.4, 0.5) is 4.39 Å². The number of carbonyl (C=O) groups is 1. The molecular formula is C20H34FN5O. The van der Waals surface area contributed by atoms with Crippen molar-refractivity contribution in [3.05, 3.63) is 35.1 Å². The molecule has 7 heteroatoms. The normalized spacial score (nSPS) is 12.0. The second kappa shape index (κ2) is 11.5. The van der Waals surface area contributed by atoms with Gasteiger partial charge in [-0.2, -0.15) is 0 Å². The number of carbonyl (C=O) groups excluding carboxylic acids is 1. The topological polar surface area (TPSA) is 68.8 Å². The lowest BCUT2D eigenvalue weighted by Crippen LogP contribution is -2.46. The van der Waals surface area contributed by atoms with Gasteiger partial charge in [0.05, 0.1) is 0 Å². The van der Waals surface area contributed by atoms with Crippen LogP contribution >= 0.6 is 0 Å². The number of aryl methyl sites for hydroxylation is 1. The highest BCUT2D eigenvalue weighted by molar-refractivity contribution is 5.94. The largest absolute Gasteiger partial charge is 0.355 e. The Balaban J connectivity index is 2.32. The van der Waals surface area contributed by atoms with E-state index in [1.807, 2.05) is 0 Å². The minimum atomic E-state index is -0.373. The van der Waals surface area contributed by atoms with E-state index < -0.39 is 0 Å². The van der Waals surface area contributed by atoms with Crippen molar-refractivity contribution in [2.75, 3.05) is 33.2 Å². The number of guanidine groups is 1. The second-order valence-electron chi connectivity index (χ2n) is 7.07. The summed E-state index contributed by atoms with van der Waals surface area (Å²) in [4.78, 5) is 18.6. The Kier molecular flexibility index (Phi) is 9.78. The van der Waals surface area contributed by atoms with Gasteiger partial charge in [0.2, 0.25) is 0 Å². The third-order valence-electron chi connectivity index (χ3n) is 4.35. The van der Waals surface area contributed by atoms with Crippen LogP contribution in [0, 0.1) is 12.7 Å². The lowest BCUT2D eigenvalue weighted by molar-refractivity contribution is 0.0954. The van der Waals surface area contributed by atoms with Crippen LogP contribution in [0.5, 0.6) is 0 Å². The van der Waals surface area contributed by atoms with E-state index in [4.69, 9.17) is 0 Å². The average molecular weight is 380 g/mol. The molecule has 3 N–H and O–H groups in total. The van der Waals surface area contributed by atoms with E-state index in [9.17, 15) is 9.18 Å². The quantitative estimate of drug-likeness (QED) is 0.349. The van der Waals surface area contributed by atoms with Gasteiger partial charge in [0, 0.05) is 50.9 Å². The first-order valence-corrected chi connectivity index (χ1v) is 9.50. The van der Waals surface area contributed by atoms with Crippen molar-refractivity contribution < 1.29 is 9.18 Å². The summed E-state index contributed by atoms with van der Waals surface area (Å²) < 4.78 is 13.5. The van der Waals surface area contributed by atoms with Crippen LogP contribution in [0.2, 0.25) is 0 Å². The Labute approximate surface area is 162 Å². The van der Waals surface area contributed by atoms with Crippen molar-refractivity contribution in [2.45, 2.75) is 46.7 Å². The summed E-state index contributed by atoms with van der Waals surface area (Å²) in [7, 11) is 1.71. The zero-order chi connectivity index (χ0) is 20.4. The molecule has 1 aromatic rings. The van der Waals surface area contributed by atoms with Crippen LogP contribution in [0.25, 0.3) is 0 Å². The van der Waals surface area contributed by atoms with E-state index in [-0.39, 0.29) is 11.7 Å². The van der Waals surface area contributed by atoms with E-state index in [0.29, 0.717) is 42.3 Å². The smallest absolute Gasteiger partial charge is 0.251 e. The molecule has 0 unspecified atom stereocenters. The van der Waals surface area contributed by atoms with Gasteiger partial charge in [0.25, 0.3) is 5.91 Å². The maximum atomic E-state index is 13.5. The third-order valence-corrected chi connectivity index (χ3v) is 4.35. The summed E-state index contributed by atoms with van der Waals surface area (Å²) in [6.07, 6.45) is 0. The van der Waals surface area contributed by atoms with Gasteiger partial charge in [-0.25, -0.2) is 4.39 Å². The molecule has 1 aromatic carbocycles. The molecule has 1 rings (SSSR count). The monoisotopic (exact) mass is 379 g/mol. The predicted octanol–water partition coefficient (Wildman–Crippen LogP) is 2.15. The Bertz CT molecular complexity index is 623. The van der Waals surface area contributed by atoms with Gasteiger partial charge >= 0.3 is 0 Å². The standard InChI is InChI=1S/C20H34FN5O/c1-14(2)26(15(3)4)12-11-25-20(22-6)24-10-9-23-19(27)17-8-7-16(5)18(21)13-17/h7-8,13-15H,9-12H2,1-6H3,(H,23,27)(H2,22,24,25). The fourth-order valence-electron chi connectivity index (χ4n) is 2.83. The van der Waals surface area contributed by atoms with Crippen LogP contribution in [0.1, 0.15) is 43.6 Å². The summed E-state index contributed by atoms with van der Waals surface area (Å²) in [6.45, 7) is 13.1. The Hall–Kier alpha value is -2.15. The molecule has 0 radical (unpaired) electrons. The number of nitrogens with zero attached hydrogens (tertiary/aromatic N) is 2. The minimum Gasteiger partial charge on any atom is -0.355 e. The molecule has 0 aliphatic carbocycles.